The van der Waals surface area contributed by atoms with E-state index in [1.54, 1.807) is 0 Å². The van der Waals surface area contributed by atoms with Crippen molar-refractivity contribution in [2.45, 2.75) is 51.5 Å². The molecule has 3 rings (SSSR count). The Kier molecular flexibility index (Phi) is 4.78. The Morgan fingerprint density at radius 1 is 1.29 bits per heavy atom. The van der Waals surface area contributed by atoms with Crippen LogP contribution in [-0.4, -0.2) is 35.5 Å². The van der Waals surface area contributed by atoms with Crippen LogP contribution in [-0.2, 0) is 4.79 Å². The maximum Gasteiger partial charge on any atom is 0.325 e. The number of rotatable bonds is 5. The van der Waals surface area contributed by atoms with Crippen molar-refractivity contribution in [3.8, 4) is 5.75 Å². The molecule has 24 heavy (non-hydrogen) atoms. The van der Waals surface area contributed by atoms with Crippen molar-refractivity contribution in [3.63, 3.8) is 0 Å². The fraction of sp³-hybridized carbons (Fsp3) is 0.579. The van der Waals surface area contributed by atoms with Crippen molar-refractivity contribution < 1.29 is 14.3 Å². The first-order chi connectivity index (χ1) is 11.5. The van der Waals surface area contributed by atoms with Gasteiger partial charge in [-0.3, -0.25) is 9.69 Å². The monoisotopic (exact) mass is 330 g/mol. The molecule has 1 spiro atoms. The number of nitrogens with one attached hydrogen (secondary N) is 1. The molecule has 5 heteroatoms. The second-order valence-corrected chi connectivity index (χ2v) is 7.17. The summed E-state index contributed by atoms with van der Waals surface area (Å²) in [5.74, 6) is 1.41. The average molecular weight is 330 g/mol. The first kappa shape index (κ1) is 16.8. The predicted octanol–water partition coefficient (Wildman–Crippen LogP) is 3.26. The molecule has 1 N–H and O–H groups in total. The lowest BCUT2D eigenvalue weighted by molar-refractivity contribution is -0.132. The van der Waals surface area contributed by atoms with Crippen molar-refractivity contribution in [3.05, 3.63) is 29.8 Å². The van der Waals surface area contributed by atoms with Gasteiger partial charge in [0, 0.05) is 6.54 Å². The number of nitrogens with zero attached hydrogens (tertiary/aromatic N) is 1. The summed E-state index contributed by atoms with van der Waals surface area (Å²) in [7, 11) is 0. The number of ether oxygens (including phenoxy) is 1. The maximum absolute atomic E-state index is 12.7. The Morgan fingerprint density at radius 3 is 2.75 bits per heavy atom. The molecule has 0 bridgehead atoms. The van der Waals surface area contributed by atoms with Crippen LogP contribution in [0.5, 0.6) is 5.75 Å². The van der Waals surface area contributed by atoms with E-state index in [2.05, 4.69) is 12.2 Å². The molecule has 0 radical (unpaired) electrons. The Morgan fingerprint density at radius 2 is 2.04 bits per heavy atom. The van der Waals surface area contributed by atoms with Gasteiger partial charge in [0.1, 0.15) is 11.3 Å². The van der Waals surface area contributed by atoms with Crippen LogP contribution < -0.4 is 10.1 Å². The van der Waals surface area contributed by atoms with Crippen LogP contribution in [0.4, 0.5) is 4.79 Å². The Hall–Kier alpha value is -2.04. The van der Waals surface area contributed by atoms with Crippen molar-refractivity contribution in [1.29, 1.82) is 0 Å². The molecular formula is C19H26N2O3. The summed E-state index contributed by atoms with van der Waals surface area (Å²) in [6.45, 7) is 5.12. The quantitative estimate of drug-likeness (QED) is 0.666. The molecule has 1 saturated heterocycles. The second-order valence-electron chi connectivity index (χ2n) is 7.17. The number of aryl methyl sites for hydroxylation is 1. The predicted molar refractivity (Wildman–Crippen MR) is 91.9 cm³/mol. The summed E-state index contributed by atoms with van der Waals surface area (Å²) in [6, 6.07) is 7.62. The number of imide groups is 1. The van der Waals surface area contributed by atoms with E-state index in [1.165, 1.54) is 4.90 Å². The summed E-state index contributed by atoms with van der Waals surface area (Å²) >= 11 is 0. The smallest absolute Gasteiger partial charge is 0.325 e. The number of hydrogen-bond acceptors (Lipinski definition) is 3. The third-order valence-electron chi connectivity index (χ3n) is 5.16. The van der Waals surface area contributed by atoms with E-state index in [-0.39, 0.29) is 11.9 Å². The number of urea groups is 1. The van der Waals surface area contributed by atoms with Gasteiger partial charge in [0.15, 0.2) is 0 Å². The zero-order valence-electron chi connectivity index (χ0n) is 14.5. The van der Waals surface area contributed by atoms with Gasteiger partial charge in [-0.1, -0.05) is 19.1 Å². The third kappa shape index (κ3) is 3.40. The highest BCUT2D eigenvalue weighted by atomic mass is 16.5. The normalized spacial score (nSPS) is 26.8. The van der Waals surface area contributed by atoms with Gasteiger partial charge >= 0.3 is 6.03 Å². The van der Waals surface area contributed by atoms with Crippen LogP contribution in [0.25, 0.3) is 0 Å². The Labute approximate surface area is 143 Å². The lowest BCUT2D eigenvalue weighted by Gasteiger charge is -2.33. The number of carbonyl (C=O) groups excluding carboxylic acids is 2. The van der Waals surface area contributed by atoms with Gasteiger partial charge in [0.25, 0.3) is 5.91 Å². The van der Waals surface area contributed by atoms with Gasteiger partial charge in [0.2, 0.25) is 0 Å². The summed E-state index contributed by atoms with van der Waals surface area (Å²) in [5, 5.41) is 2.95. The molecule has 2 aliphatic rings. The molecule has 3 amide bonds. The molecule has 0 aromatic heterocycles. The summed E-state index contributed by atoms with van der Waals surface area (Å²) in [5.41, 5.74) is 0.510. The van der Waals surface area contributed by atoms with Gasteiger partial charge in [0.05, 0.1) is 6.61 Å². The molecule has 1 aromatic carbocycles. The molecule has 1 heterocycles. The largest absolute Gasteiger partial charge is 0.494 e. The van der Waals surface area contributed by atoms with Gasteiger partial charge < -0.3 is 10.1 Å². The molecule has 1 aromatic rings. The molecule has 2 fully saturated rings. The van der Waals surface area contributed by atoms with Crippen molar-refractivity contribution in [2.75, 3.05) is 13.2 Å². The van der Waals surface area contributed by atoms with Crippen LogP contribution >= 0.6 is 0 Å². The van der Waals surface area contributed by atoms with Crippen LogP contribution in [0.3, 0.4) is 0 Å². The van der Waals surface area contributed by atoms with E-state index in [1.807, 2.05) is 31.2 Å². The Bertz CT molecular complexity index is 621. The van der Waals surface area contributed by atoms with Gasteiger partial charge in [-0.25, -0.2) is 4.79 Å². The van der Waals surface area contributed by atoms with Crippen molar-refractivity contribution in [1.82, 2.24) is 10.2 Å². The van der Waals surface area contributed by atoms with E-state index < -0.39 is 5.54 Å². The van der Waals surface area contributed by atoms with Crippen molar-refractivity contribution >= 4 is 11.9 Å². The first-order valence-electron chi connectivity index (χ1n) is 8.84. The minimum absolute atomic E-state index is 0.0463. The van der Waals surface area contributed by atoms with E-state index in [0.29, 0.717) is 25.5 Å². The lowest BCUT2D eigenvalue weighted by atomic mass is 9.77. The summed E-state index contributed by atoms with van der Waals surface area (Å²) < 4.78 is 5.70. The maximum atomic E-state index is 12.7. The van der Waals surface area contributed by atoms with E-state index in [0.717, 1.165) is 37.0 Å². The fourth-order valence-corrected chi connectivity index (χ4v) is 3.59. The molecule has 5 nitrogen and oxygen atoms in total. The average Bonchev–Trinajstić information content (AvgIpc) is 2.78. The highest BCUT2D eigenvalue weighted by molar-refractivity contribution is 6.07. The van der Waals surface area contributed by atoms with Crippen LogP contribution in [0.1, 0.15) is 44.6 Å². The number of amides is 3. The zero-order chi connectivity index (χ0) is 17.2. The van der Waals surface area contributed by atoms with Crippen LogP contribution in [0, 0.1) is 12.8 Å². The van der Waals surface area contributed by atoms with E-state index >= 15 is 0 Å². The first-order valence-corrected chi connectivity index (χ1v) is 8.84. The van der Waals surface area contributed by atoms with E-state index in [4.69, 9.17) is 4.74 Å². The van der Waals surface area contributed by atoms with Crippen LogP contribution in [0.2, 0.25) is 0 Å². The van der Waals surface area contributed by atoms with E-state index in [9.17, 15) is 9.59 Å². The molecule has 1 aliphatic carbocycles. The van der Waals surface area contributed by atoms with Gasteiger partial charge in [-0.05, 0) is 62.6 Å². The topological polar surface area (TPSA) is 58.6 Å². The third-order valence-corrected chi connectivity index (χ3v) is 5.16. The minimum Gasteiger partial charge on any atom is -0.494 e. The minimum atomic E-state index is -0.638. The molecule has 1 saturated carbocycles. The van der Waals surface area contributed by atoms with Crippen molar-refractivity contribution in [2.24, 2.45) is 5.92 Å². The number of benzene rings is 1. The summed E-state index contributed by atoms with van der Waals surface area (Å²) in [4.78, 5) is 26.3. The summed E-state index contributed by atoms with van der Waals surface area (Å²) in [6.07, 6.45) is 4.15. The highest BCUT2D eigenvalue weighted by Gasteiger charge is 2.51. The highest BCUT2D eigenvalue weighted by Crippen LogP contribution is 2.36. The molecule has 0 unspecified atom stereocenters. The zero-order valence-corrected chi connectivity index (χ0v) is 14.5. The molecular weight excluding hydrogens is 304 g/mol. The molecule has 0 atom stereocenters. The fourth-order valence-electron chi connectivity index (χ4n) is 3.59. The van der Waals surface area contributed by atoms with Crippen LogP contribution in [0.15, 0.2) is 24.3 Å². The number of hydrogen-bond donors (Lipinski definition) is 1. The molecule has 130 valence electrons. The standard InChI is InChI=1S/C19H26N2O3/c1-14-7-9-19(10-8-14)17(22)21(18(23)20-19)11-4-12-24-16-6-3-5-15(2)13-16/h3,5-6,13-14H,4,7-12H2,1-2H3,(H,20,23). The van der Waals surface area contributed by atoms with Gasteiger partial charge in [-0.2, -0.15) is 0 Å². The second kappa shape index (κ2) is 6.83. The SMILES string of the molecule is Cc1cccc(OCCCN2C(=O)NC3(CCC(C)CC3)C2=O)c1. The number of carbonyl (C=O) groups is 2. The molecule has 1 aliphatic heterocycles. The Balaban J connectivity index is 1.50. The van der Waals surface area contributed by atoms with Gasteiger partial charge in [-0.15, -0.1) is 0 Å². The lowest BCUT2D eigenvalue weighted by Crippen LogP contribution is -2.49.